The molecule has 1 unspecified atom stereocenters. The molecule has 0 N–H and O–H groups in total. The molecule has 6 nitrogen and oxygen atoms in total. The van der Waals surface area contributed by atoms with Crippen molar-refractivity contribution in [3.8, 4) is 0 Å². The second-order valence-electron chi connectivity index (χ2n) is 17.1. The summed E-state index contributed by atoms with van der Waals surface area (Å²) in [5.74, 6) is 0.819. The normalized spacial score (nSPS) is 12.6. The summed E-state index contributed by atoms with van der Waals surface area (Å²) in [7, 11) is 0. The molecule has 0 radical (unpaired) electrons. The first-order chi connectivity index (χ1) is 26.3. The van der Waals surface area contributed by atoms with E-state index in [1.807, 2.05) is 0 Å². The molecule has 0 aromatic heterocycles. The Labute approximate surface area is 336 Å². The molecule has 2 atom stereocenters. The molecule has 0 aromatic rings. The standard InChI is InChI=1S/C48H92O6/c1-6-8-9-10-11-12-18-23-28-33-38-46(49)52-41-45(54-48(51)40-35-30-25-20-15-16-21-26-31-36-43(3)4)42-53-47(50)39-34-29-24-19-14-13-17-22-27-32-37-44(5)7-2/h43-45H,6-42H2,1-5H3/t44?,45-/m1/s1. The molecule has 6 heteroatoms. The van der Waals surface area contributed by atoms with Gasteiger partial charge < -0.3 is 14.2 Å². The molecule has 0 saturated carbocycles. The molecule has 0 rings (SSSR count). The van der Waals surface area contributed by atoms with Crippen LogP contribution < -0.4 is 0 Å². The van der Waals surface area contributed by atoms with Crippen molar-refractivity contribution < 1.29 is 28.6 Å². The number of unbranched alkanes of at least 4 members (excludes halogenated alkanes) is 26. The number of carbonyl (C=O) groups is 3. The smallest absolute Gasteiger partial charge is 0.306 e. The summed E-state index contributed by atoms with van der Waals surface area (Å²) in [5.41, 5.74) is 0. The first kappa shape index (κ1) is 52.4. The van der Waals surface area contributed by atoms with Gasteiger partial charge in [-0.05, 0) is 31.1 Å². The summed E-state index contributed by atoms with van der Waals surface area (Å²) in [6, 6.07) is 0. The molecule has 0 bridgehead atoms. The Bertz CT molecular complexity index is 826. The molecular formula is C48H92O6. The molecule has 320 valence electrons. The Hall–Kier alpha value is -1.59. The van der Waals surface area contributed by atoms with Gasteiger partial charge in [-0.15, -0.1) is 0 Å². The number of hydrogen-bond acceptors (Lipinski definition) is 6. The number of ether oxygens (including phenoxy) is 3. The summed E-state index contributed by atoms with van der Waals surface area (Å²) < 4.78 is 16.7. The number of carbonyl (C=O) groups excluding carboxylic acids is 3. The van der Waals surface area contributed by atoms with Gasteiger partial charge in [-0.2, -0.15) is 0 Å². The highest BCUT2D eigenvalue weighted by atomic mass is 16.6. The van der Waals surface area contributed by atoms with Crippen LogP contribution in [0, 0.1) is 11.8 Å². The van der Waals surface area contributed by atoms with Gasteiger partial charge in [-0.1, -0.05) is 221 Å². The highest BCUT2D eigenvalue weighted by Gasteiger charge is 2.19. The van der Waals surface area contributed by atoms with E-state index in [1.165, 1.54) is 148 Å². The highest BCUT2D eigenvalue weighted by molar-refractivity contribution is 5.71. The monoisotopic (exact) mass is 765 g/mol. The first-order valence-corrected chi connectivity index (χ1v) is 23.8. The summed E-state index contributed by atoms with van der Waals surface area (Å²) >= 11 is 0. The van der Waals surface area contributed by atoms with Crippen LogP contribution in [0.2, 0.25) is 0 Å². The molecule has 54 heavy (non-hydrogen) atoms. The minimum atomic E-state index is -0.760. The Morgan fingerprint density at radius 3 is 1.06 bits per heavy atom. The van der Waals surface area contributed by atoms with E-state index in [0.717, 1.165) is 69.6 Å². The summed E-state index contributed by atoms with van der Waals surface area (Å²) in [6.07, 6.45) is 39.4. The fourth-order valence-corrected chi connectivity index (χ4v) is 7.07. The van der Waals surface area contributed by atoms with Crippen LogP contribution in [0.1, 0.15) is 259 Å². The van der Waals surface area contributed by atoms with E-state index in [0.29, 0.717) is 19.3 Å². The molecule has 0 heterocycles. The lowest BCUT2D eigenvalue weighted by Crippen LogP contribution is -2.30. The lowest BCUT2D eigenvalue weighted by molar-refractivity contribution is -0.167. The van der Waals surface area contributed by atoms with Crippen molar-refractivity contribution in [3.05, 3.63) is 0 Å². The van der Waals surface area contributed by atoms with Crippen LogP contribution in [0.3, 0.4) is 0 Å². The van der Waals surface area contributed by atoms with Crippen molar-refractivity contribution in [3.63, 3.8) is 0 Å². The van der Waals surface area contributed by atoms with Crippen molar-refractivity contribution in [1.82, 2.24) is 0 Å². The van der Waals surface area contributed by atoms with Crippen molar-refractivity contribution in [1.29, 1.82) is 0 Å². The Kier molecular flexibility index (Phi) is 39.8. The zero-order valence-corrected chi connectivity index (χ0v) is 36.8. The van der Waals surface area contributed by atoms with Gasteiger partial charge in [0, 0.05) is 19.3 Å². The van der Waals surface area contributed by atoms with Gasteiger partial charge >= 0.3 is 17.9 Å². The average Bonchev–Trinajstić information content (AvgIpc) is 3.15. The summed E-state index contributed by atoms with van der Waals surface area (Å²) in [6.45, 7) is 11.3. The van der Waals surface area contributed by atoms with E-state index in [2.05, 4.69) is 34.6 Å². The van der Waals surface area contributed by atoms with E-state index in [9.17, 15) is 14.4 Å². The third-order valence-corrected chi connectivity index (χ3v) is 11.1. The van der Waals surface area contributed by atoms with Crippen LogP contribution >= 0.6 is 0 Å². The number of hydrogen-bond donors (Lipinski definition) is 0. The van der Waals surface area contributed by atoms with Crippen LogP contribution in [0.25, 0.3) is 0 Å². The van der Waals surface area contributed by atoms with Gasteiger partial charge in [-0.3, -0.25) is 14.4 Å². The fourth-order valence-electron chi connectivity index (χ4n) is 7.07. The molecule has 0 aromatic carbocycles. The third-order valence-electron chi connectivity index (χ3n) is 11.1. The minimum absolute atomic E-state index is 0.0648. The second-order valence-corrected chi connectivity index (χ2v) is 17.1. The van der Waals surface area contributed by atoms with E-state index in [1.54, 1.807) is 0 Å². The predicted molar refractivity (Wildman–Crippen MR) is 229 cm³/mol. The van der Waals surface area contributed by atoms with Crippen LogP contribution in [0.4, 0.5) is 0 Å². The lowest BCUT2D eigenvalue weighted by Gasteiger charge is -2.18. The topological polar surface area (TPSA) is 78.9 Å². The maximum Gasteiger partial charge on any atom is 0.306 e. The zero-order chi connectivity index (χ0) is 39.7. The van der Waals surface area contributed by atoms with E-state index in [-0.39, 0.29) is 31.1 Å². The van der Waals surface area contributed by atoms with E-state index >= 15 is 0 Å². The summed E-state index contributed by atoms with van der Waals surface area (Å²) in [4.78, 5) is 37.7. The second kappa shape index (κ2) is 41.1. The van der Waals surface area contributed by atoms with Crippen molar-refractivity contribution in [2.45, 2.75) is 265 Å². The minimum Gasteiger partial charge on any atom is -0.462 e. The number of rotatable bonds is 42. The third kappa shape index (κ3) is 40.1. The molecule has 0 fully saturated rings. The van der Waals surface area contributed by atoms with Crippen LogP contribution in [-0.2, 0) is 28.6 Å². The Morgan fingerprint density at radius 1 is 0.389 bits per heavy atom. The lowest BCUT2D eigenvalue weighted by atomic mass is 9.99. The predicted octanol–water partition coefficient (Wildman–Crippen LogP) is 15.0. The highest BCUT2D eigenvalue weighted by Crippen LogP contribution is 2.17. The van der Waals surface area contributed by atoms with Gasteiger partial charge in [0.1, 0.15) is 13.2 Å². The number of esters is 3. The largest absolute Gasteiger partial charge is 0.462 e. The fraction of sp³-hybridized carbons (Fsp3) is 0.938. The molecule has 0 aliphatic rings. The quantitative estimate of drug-likeness (QED) is 0.0350. The van der Waals surface area contributed by atoms with Gasteiger partial charge in [-0.25, -0.2) is 0 Å². The van der Waals surface area contributed by atoms with Crippen LogP contribution in [0.5, 0.6) is 0 Å². The molecular weight excluding hydrogens is 673 g/mol. The maximum atomic E-state index is 12.7. The van der Waals surface area contributed by atoms with E-state index in [4.69, 9.17) is 14.2 Å². The Morgan fingerprint density at radius 2 is 0.704 bits per heavy atom. The van der Waals surface area contributed by atoms with Gasteiger partial charge in [0.15, 0.2) is 6.10 Å². The first-order valence-electron chi connectivity index (χ1n) is 23.8. The summed E-state index contributed by atoms with van der Waals surface area (Å²) in [5, 5.41) is 0. The van der Waals surface area contributed by atoms with Crippen molar-refractivity contribution in [2.75, 3.05) is 13.2 Å². The van der Waals surface area contributed by atoms with Crippen molar-refractivity contribution in [2.24, 2.45) is 11.8 Å². The van der Waals surface area contributed by atoms with Gasteiger partial charge in [0.05, 0.1) is 0 Å². The average molecular weight is 765 g/mol. The Balaban J connectivity index is 4.33. The van der Waals surface area contributed by atoms with Gasteiger partial charge in [0.25, 0.3) is 0 Å². The van der Waals surface area contributed by atoms with Crippen molar-refractivity contribution >= 4 is 17.9 Å². The zero-order valence-electron chi connectivity index (χ0n) is 36.8. The molecule has 0 saturated heterocycles. The molecule has 0 spiro atoms. The molecule has 0 aliphatic carbocycles. The van der Waals surface area contributed by atoms with E-state index < -0.39 is 6.10 Å². The van der Waals surface area contributed by atoms with Crippen LogP contribution in [0.15, 0.2) is 0 Å². The van der Waals surface area contributed by atoms with Crippen LogP contribution in [-0.4, -0.2) is 37.2 Å². The van der Waals surface area contributed by atoms with Gasteiger partial charge in [0.2, 0.25) is 0 Å². The molecule has 0 aliphatic heterocycles. The maximum absolute atomic E-state index is 12.7. The SMILES string of the molecule is CCCCCCCCCCCCC(=O)OC[C@H](COC(=O)CCCCCCCCCCCCC(C)CC)OC(=O)CCCCCCCCCCCC(C)C. The molecule has 0 amide bonds.